The molecule has 0 radical (unpaired) electrons. The van der Waals surface area contributed by atoms with Crippen molar-refractivity contribution in [3.05, 3.63) is 95.2 Å². The number of benzene rings is 3. The van der Waals surface area contributed by atoms with Crippen LogP contribution in [0.25, 0.3) is 10.9 Å². The van der Waals surface area contributed by atoms with Gasteiger partial charge in [-0.1, -0.05) is 81.3 Å². The van der Waals surface area contributed by atoms with Gasteiger partial charge >= 0.3 is 5.97 Å². The van der Waals surface area contributed by atoms with E-state index in [1.165, 1.54) is 0 Å². The zero-order valence-corrected chi connectivity index (χ0v) is 25.0. The number of Topliss-reactive ketones (excluding diaryl/α,β-unsaturated/α-hetero) is 1. The topological polar surface area (TPSA) is 66.8 Å². The first kappa shape index (κ1) is 29.4. The summed E-state index contributed by atoms with van der Waals surface area (Å²) in [4.78, 5) is 25.7. The van der Waals surface area contributed by atoms with E-state index in [-0.39, 0.29) is 18.2 Å². The SMILES string of the molecule is CCCCC1(c2ccccc2)Oc2ccc(CC(=O)c3cn(CCCC(=O)OCC)c4ccccc34)c(CCC)c2O1. The van der Waals surface area contributed by atoms with Crippen LogP contribution in [-0.2, 0) is 34.7 Å². The van der Waals surface area contributed by atoms with Crippen LogP contribution in [0.3, 0.4) is 0 Å². The van der Waals surface area contributed by atoms with Crippen LogP contribution >= 0.6 is 0 Å². The van der Waals surface area contributed by atoms with Gasteiger partial charge in [-0.3, -0.25) is 9.59 Å². The van der Waals surface area contributed by atoms with Crippen LogP contribution in [0.4, 0.5) is 0 Å². The molecule has 0 saturated carbocycles. The number of aryl methyl sites for hydroxylation is 1. The number of esters is 1. The van der Waals surface area contributed by atoms with Gasteiger partial charge in [0.1, 0.15) is 0 Å². The summed E-state index contributed by atoms with van der Waals surface area (Å²) in [6, 6.07) is 22.1. The molecule has 0 fully saturated rings. The van der Waals surface area contributed by atoms with E-state index in [2.05, 4.69) is 30.5 Å². The van der Waals surface area contributed by atoms with Crippen molar-refractivity contribution >= 4 is 22.7 Å². The van der Waals surface area contributed by atoms with Crippen LogP contribution in [0.2, 0.25) is 0 Å². The van der Waals surface area contributed by atoms with E-state index < -0.39 is 5.79 Å². The van der Waals surface area contributed by atoms with E-state index in [9.17, 15) is 9.59 Å². The van der Waals surface area contributed by atoms with E-state index in [0.717, 1.165) is 71.2 Å². The van der Waals surface area contributed by atoms with Crippen LogP contribution in [0, 0.1) is 0 Å². The fraction of sp³-hybridized carbons (Fsp3) is 0.389. The van der Waals surface area contributed by atoms with Gasteiger partial charge in [-0.05, 0) is 43.9 Å². The van der Waals surface area contributed by atoms with Crippen LogP contribution < -0.4 is 9.47 Å². The van der Waals surface area contributed by atoms with Crippen LogP contribution in [0.1, 0.15) is 86.3 Å². The van der Waals surface area contributed by atoms with E-state index in [0.29, 0.717) is 31.6 Å². The van der Waals surface area contributed by atoms with Crippen LogP contribution in [-0.4, -0.2) is 22.9 Å². The molecule has 2 heterocycles. The molecular formula is C36H41NO5. The lowest BCUT2D eigenvalue weighted by Gasteiger charge is -2.28. The van der Waals surface area contributed by atoms with Gasteiger partial charge < -0.3 is 18.8 Å². The third kappa shape index (κ3) is 6.08. The maximum atomic E-state index is 13.9. The number of fused-ring (bicyclic) bond motifs is 2. The molecular weight excluding hydrogens is 526 g/mol. The lowest BCUT2D eigenvalue weighted by atomic mass is 9.95. The molecule has 3 aromatic carbocycles. The zero-order chi connectivity index (χ0) is 29.5. The number of para-hydroxylation sites is 1. The van der Waals surface area contributed by atoms with Crippen molar-refractivity contribution < 1.29 is 23.8 Å². The number of carbonyl (C=O) groups excluding carboxylic acids is 2. The molecule has 1 unspecified atom stereocenters. The molecule has 5 rings (SSSR count). The molecule has 6 heteroatoms. The molecule has 0 aliphatic carbocycles. The molecule has 6 nitrogen and oxygen atoms in total. The van der Waals surface area contributed by atoms with Gasteiger partial charge in [0.15, 0.2) is 17.3 Å². The van der Waals surface area contributed by atoms with Gasteiger partial charge in [0.25, 0.3) is 5.79 Å². The summed E-state index contributed by atoms with van der Waals surface area (Å²) >= 11 is 0. The van der Waals surface area contributed by atoms with Crippen LogP contribution in [0.15, 0.2) is 72.9 Å². The monoisotopic (exact) mass is 567 g/mol. The number of hydrogen-bond donors (Lipinski definition) is 0. The Kier molecular flexibility index (Phi) is 9.31. The lowest BCUT2D eigenvalue weighted by molar-refractivity contribution is -0.143. The summed E-state index contributed by atoms with van der Waals surface area (Å²) in [5.41, 5.74) is 4.72. The van der Waals surface area contributed by atoms with Crippen molar-refractivity contribution in [1.82, 2.24) is 4.57 Å². The standard InChI is InChI=1S/C36H41NO5/c1-4-7-22-36(27-15-9-8-10-16-27)41-33-21-20-26(28(14-5-2)35(33)42-36)24-32(38)30-25-37(23-13-19-34(39)40-6-3)31-18-12-11-17-29(30)31/h8-12,15-18,20-21,25H,4-7,13-14,19,22-24H2,1-3H3. The van der Waals surface area contributed by atoms with Gasteiger partial charge in [-0.25, -0.2) is 0 Å². The predicted octanol–water partition coefficient (Wildman–Crippen LogP) is 8.18. The number of aromatic nitrogens is 1. The molecule has 0 amide bonds. The molecule has 0 saturated heterocycles. The second-order valence-electron chi connectivity index (χ2n) is 11.0. The Morgan fingerprint density at radius 3 is 2.43 bits per heavy atom. The third-order valence-electron chi connectivity index (χ3n) is 7.96. The van der Waals surface area contributed by atoms with Crippen molar-refractivity contribution in [1.29, 1.82) is 0 Å². The Balaban J connectivity index is 1.42. The van der Waals surface area contributed by atoms with Gasteiger partial charge in [-0.2, -0.15) is 0 Å². The third-order valence-corrected chi connectivity index (χ3v) is 7.96. The minimum Gasteiger partial charge on any atom is -0.466 e. The number of rotatable bonds is 14. The second kappa shape index (κ2) is 13.3. The van der Waals surface area contributed by atoms with Crippen LogP contribution in [0.5, 0.6) is 11.5 Å². The highest BCUT2D eigenvalue weighted by atomic mass is 16.7. The maximum Gasteiger partial charge on any atom is 0.305 e. The summed E-state index contributed by atoms with van der Waals surface area (Å²) in [6.45, 7) is 7.15. The Morgan fingerprint density at radius 1 is 0.881 bits per heavy atom. The zero-order valence-electron chi connectivity index (χ0n) is 25.0. The Morgan fingerprint density at radius 2 is 1.67 bits per heavy atom. The Labute approximate surface area is 248 Å². The van der Waals surface area contributed by atoms with Crippen molar-refractivity contribution in [2.75, 3.05) is 6.61 Å². The summed E-state index contributed by atoms with van der Waals surface area (Å²) in [6.07, 6.45) is 7.69. The van der Waals surface area contributed by atoms with Crippen molar-refractivity contribution in [3.8, 4) is 11.5 Å². The van der Waals surface area contributed by atoms with Crippen molar-refractivity contribution in [2.24, 2.45) is 0 Å². The van der Waals surface area contributed by atoms with Gasteiger partial charge in [-0.15, -0.1) is 0 Å². The minimum atomic E-state index is -0.859. The van der Waals surface area contributed by atoms with E-state index in [1.807, 2.05) is 67.7 Å². The highest BCUT2D eigenvalue weighted by Gasteiger charge is 2.44. The first-order valence-electron chi connectivity index (χ1n) is 15.3. The Hall–Kier alpha value is -4.06. The lowest BCUT2D eigenvalue weighted by Crippen LogP contribution is -2.35. The minimum absolute atomic E-state index is 0.0619. The summed E-state index contributed by atoms with van der Waals surface area (Å²) in [5.74, 6) is 0.521. The second-order valence-corrected chi connectivity index (χ2v) is 11.0. The quantitative estimate of drug-likeness (QED) is 0.114. The van der Waals surface area contributed by atoms with Crippen molar-refractivity contribution in [2.45, 2.75) is 84.5 Å². The maximum absolute atomic E-state index is 13.9. The van der Waals surface area contributed by atoms with E-state index >= 15 is 0 Å². The normalized spacial score (nSPS) is 15.7. The molecule has 220 valence electrons. The molecule has 1 aliphatic rings. The molecule has 1 atom stereocenters. The smallest absolute Gasteiger partial charge is 0.305 e. The first-order valence-corrected chi connectivity index (χ1v) is 15.3. The molecule has 1 aromatic heterocycles. The first-order chi connectivity index (χ1) is 20.5. The summed E-state index contributed by atoms with van der Waals surface area (Å²) in [7, 11) is 0. The molecule has 42 heavy (non-hydrogen) atoms. The largest absolute Gasteiger partial charge is 0.466 e. The number of nitrogens with zero attached hydrogens (tertiary/aromatic N) is 1. The summed E-state index contributed by atoms with van der Waals surface area (Å²) < 4.78 is 20.5. The molecule has 4 aromatic rings. The van der Waals surface area contributed by atoms with Gasteiger partial charge in [0.05, 0.1) is 6.61 Å². The van der Waals surface area contributed by atoms with Crippen molar-refractivity contribution in [3.63, 3.8) is 0 Å². The average molecular weight is 568 g/mol. The number of hydrogen-bond acceptors (Lipinski definition) is 5. The molecule has 0 N–H and O–H groups in total. The summed E-state index contributed by atoms with van der Waals surface area (Å²) in [5, 5.41) is 0.930. The number of unbranched alkanes of at least 4 members (excludes halogenated alkanes) is 1. The Bertz CT molecular complexity index is 1540. The van der Waals surface area contributed by atoms with E-state index in [1.54, 1.807) is 0 Å². The highest BCUT2D eigenvalue weighted by molar-refractivity contribution is 6.09. The van der Waals surface area contributed by atoms with Gasteiger partial charge in [0, 0.05) is 59.6 Å². The predicted molar refractivity (Wildman–Crippen MR) is 165 cm³/mol. The molecule has 0 bridgehead atoms. The fourth-order valence-corrected chi connectivity index (χ4v) is 5.91. The average Bonchev–Trinajstić information content (AvgIpc) is 3.58. The number of ether oxygens (including phenoxy) is 3. The number of carbonyl (C=O) groups is 2. The van der Waals surface area contributed by atoms with E-state index in [4.69, 9.17) is 14.2 Å². The fourth-order valence-electron chi connectivity index (χ4n) is 5.91. The molecule has 1 aliphatic heterocycles. The highest BCUT2D eigenvalue weighted by Crippen LogP contribution is 2.49. The molecule has 0 spiro atoms. The van der Waals surface area contributed by atoms with Gasteiger partial charge in [0.2, 0.25) is 0 Å². The number of ketones is 1.